The van der Waals surface area contributed by atoms with E-state index < -0.39 is 119 Å². The maximum Gasteiger partial charge on any atom is 0.408 e. The summed E-state index contributed by atoms with van der Waals surface area (Å²) in [5.74, 6) is -4.80. The number of nitrogens with one attached hydrogen (secondary N) is 1. The van der Waals surface area contributed by atoms with Crippen molar-refractivity contribution in [2.24, 2.45) is 16.7 Å². The van der Waals surface area contributed by atoms with Crippen LogP contribution in [0.1, 0.15) is 90.2 Å². The fraction of sp³-hybridized carbons (Fsp3) is 0.596. The molecule has 1 saturated heterocycles. The zero-order chi connectivity index (χ0) is 47.0. The van der Waals surface area contributed by atoms with Crippen molar-refractivity contribution in [1.82, 2.24) is 5.32 Å². The second-order valence-corrected chi connectivity index (χ2v) is 18.7. The molecular formula is C47H61NO16. The fourth-order valence-corrected chi connectivity index (χ4v) is 10.2. The number of esters is 3. The molecule has 350 valence electrons. The van der Waals surface area contributed by atoms with E-state index in [0.29, 0.717) is 11.1 Å². The van der Waals surface area contributed by atoms with Crippen molar-refractivity contribution in [3.05, 3.63) is 82.9 Å². The largest absolute Gasteiger partial charge is 0.456 e. The predicted octanol–water partition coefficient (Wildman–Crippen LogP) is 4.52. The smallest absolute Gasteiger partial charge is 0.408 e. The normalized spacial score (nSPS) is 31.7. The first-order chi connectivity index (χ1) is 30.1. The van der Waals surface area contributed by atoms with Crippen LogP contribution in [0.3, 0.4) is 0 Å². The molecule has 0 spiro atoms. The minimum absolute atomic E-state index is 0.0314. The van der Waals surface area contributed by atoms with E-state index in [4.69, 9.17) is 42.6 Å². The number of carbonyl (C=O) groups is 5. The van der Waals surface area contributed by atoms with Crippen molar-refractivity contribution in [3.63, 3.8) is 0 Å². The van der Waals surface area contributed by atoms with Gasteiger partial charge in [-0.05, 0) is 63.5 Å². The molecule has 3 N–H and O–H groups in total. The summed E-state index contributed by atoms with van der Waals surface area (Å²) in [7, 11) is 2.79. The highest BCUT2D eigenvalue weighted by Gasteiger charge is 2.78. The van der Waals surface area contributed by atoms with E-state index in [1.807, 2.05) is 0 Å². The van der Waals surface area contributed by atoms with Crippen molar-refractivity contribution in [2.75, 3.05) is 34.4 Å². The van der Waals surface area contributed by atoms with Gasteiger partial charge in [-0.25, -0.2) is 14.4 Å². The van der Waals surface area contributed by atoms with Crippen LogP contribution in [0, 0.1) is 16.7 Å². The molecule has 2 saturated carbocycles. The monoisotopic (exact) mass is 895 g/mol. The Hall–Kier alpha value is -4.75. The minimum atomic E-state index is -2.30. The highest BCUT2D eigenvalue weighted by molar-refractivity contribution is 5.94. The number of alkyl carbamates (subject to hydrolysis) is 1. The molecule has 17 nitrogen and oxygen atoms in total. The zero-order valence-electron chi connectivity index (χ0n) is 38.0. The van der Waals surface area contributed by atoms with Gasteiger partial charge >= 0.3 is 24.0 Å². The number of Topliss-reactive ketones (excluding diaryl/α,β-unsaturated/α-hetero) is 1. The van der Waals surface area contributed by atoms with Gasteiger partial charge < -0.3 is 58.2 Å². The minimum Gasteiger partial charge on any atom is -0.456 e. The van der Waals surface area contributed by atoms with E-state index in [1.165, 1.54) is 33.3 Å². The van der Waals surface area contributed by atoms with Crippen molar-refractivity contribution < 1.29 is 76.8 Å². The van der Waals surface area contributed by atoms with E-state index in [2.05, 4.69) is 5.32 Å². The Morgan fingerprint density at radius 1 is 0.922 bits per heavy atom. The lowest BCUT2D eigenvalue weighted by molar-refractivity contribution is -0.352. The summed E-state index contributed by atoms with van der Waals surface area (Å²) in [5.41, 5.74) is -7.29. The van der Waals surface area contributed by atoms with Gasteiger partial charge in [-0.15, -0.1) is 0 Å². The molecule has 0 aromatic heterocycles. The molecule has 3 fully saturated rings. The molecule has 2 aromatic rings. The van der Waals surface area contributed by atoms with E-state index in [0.717, 1.165) is 0 Å². The number of aliphatic hydroxyl groups is 2. The maximum absolute atomic E-state index is 15.9. The third-order valence-electron chi connectivity index (χ3n) is 13.3. The molecule has 2 aromatic carbocycles. The quantitative estimate of drug-likeness (QED) is 0.103. The summed E-state index contributed by atoms with van der Waals surface area (Å²) in [4.78, 5) is 71.0. The lowest BCUT2D eigenvalue weighted by Gasteiger charge is -2.68. The molecule has 6 rings (SSSR count). The first-order valence-corrected chi connectivity index (χ1v) is 21.3. The average molecular weight is 896 g/mol. The number of aliphatic hydroxyl groups excluding tert-OH is 1. The lowest BCUT2D eigenvalue weighted by Crippen LogP contribution is -2.82. The number of benzene rings is 2. The first-order valence-electron chi connectivity index (χ1n) is 21.3. The van der Waals surface area contributed by atoms with E-state index in [9.17, 15) is 29.4 Å². The van der Waals surface area contributed by atoms with E-state index in [1.54, 1.807) is 97.0 Å². The SMILES string of the molecule is COCO[C@H]1C(=O)[C@]2(C)[C@@H](OCOC)C[C@H]3OC[C@@]3(OC(C)=O)[C@H]2[C@H](OC(=O)c2ccccc2)[C@]2(O)C[C@H](OC(=O)[C@H](O)[C@@H](NC(=O)OC(C)(C)C)c3ccccc3)C(C)=C1C2(C)C. The number of ketones is 1. The van der Waals surface area contributed by atoms with Gasteiger partial charge in [0.05, 0.1) is 35.6 Å². The highest BCUT2D eigenvalue weighted by atomic mass is 16.7. The molecule has 2 bridgehead atoms. The Balaban J connectivity index is 1.56. The van der Waals surface area contributed by atoms with E-state index in [-0.39, 0.29) is 31.0 Å². The standard InChI is InChI=1S/C47H61NO16/c1-26-30(61-41(53)35(50)34(28-17-13-11-14-18-28)48-42(54)64-43(3,4)5)22-47(55)39(62-40(52)29-19-15-12-16-20-29)37-45(8,38(51)36(60-25-57-10)33(26)44(47,6)7)31(59-24-56-9)21-32-46(37,23-58-32)63-27(2)49/h11-20,30-32,34-37,39,50,55H,21-25H2,1-10H3,(H,48,54)/t30-,31-,32+,34-,35+,36+,37-,39-,45+,46-,47+/m0/s1. The molecule has 0 radical (unpaired) electrons. The molecule has 1 heterocycles. The summed E-state index contributed by atoms with van der Waals surface area (Å²) in [6.45, 7) is 11.8. The van der Waals surface area contributed by atoms with Crippen molar-refractivity contribution in [2.45, 2.75) is 128 Å². The number of carbonyl (C=O) groups excluding carboxylic acids is 5. The molecule has 0 unspecified atom stereocenters. The molecule has 4 aliphatic rings. The number of rotatable bonds is 14. The molecule has 1 aliphatic heterocycles. The van der Waals surface area contributed by atoms with Gasteiger partial charge in [0, 0.05) is 39.4 Å². The summed E-state index contributed by atoms with van der Waals surface area (Å²) < 4.78 is 53.7. The van der Waals surface area contributed by atoms with Gasteiger partial charge in [0.1, 0.15) is 49.2 Å². The van der Waals surface area contributed by atoms with Crippen molar-refractivity contribution in [1.29, 1.82) is 0 Å². The van der Waals surface area contributed by atoms with Gasteiger partial charge in [-0.2, -0.15) is 0 Å². The molecule has 64 heavy (non-hydrogen) atoms. The maximum atomic E-state index is 15.9. The van der Waals surface area contributed by atoms with Crippen LogP contribution < -0.4 is 5.32 Å². The average Bonchev–Trinajstić information content (AvgIpc) is 3.23. The molecule has 11 atom stereocenters. The van der Waals surface area contributed by atoms with Gasteiger partial charge in [-0.1, -0.05) is 62.4 Å². The summed E-state index contributed by atoms with van der Waals surface area (Å²) >= 11 is 0. The van der Waals surface area contributed by atoms with Crippen LogP contribution in [0.2, 0.25) is 0 Å². The number of hydrogen-bond acceptors (Lipinski definition) is 16. The number of methoxy groups -OCH3 is 2. The fourth-order valence-electron chi connectivity index (χ4n) is 10.2. The van der Waals surface area contributed by atoms with Crippen LogP contribution in [0.4, 0.5) is 4.79 Å². The summed E-state index contributed by atoms with van der Waals surface area (Å²) in [5, 5.41) is 28.2. The van der Waals surface area contributed by atoms with Crippen LogP contribution >= 0.6 is 0 Å². The Kier molecular flexibility index (Phi) is 14.2. The molecule has 1 amide bonds. The van der Waals surface area contributed by atoms with Crippen LogP contribution in [0.5, 0.6) is 0 Å². The predicted molar refractivity (Wildman–Crippen MR) is 225 cm³/mol. The Morgan fingerprint density at radius 3 is 2.09 bits per heavy atom. The third kappa shape index (κ3) is 8.83. The van der Waals surface area contributed by atoms with Gasteiger partial charge in [0.25, 0.3) is 0 Å². The Bertz CT molecular complexity index is 2090. The second-order valence-electron chi connectivity index (χ2n) is 18.7. The number of fused-ring (bicyclic) bond motifs is 5. The molecule has 17 heteroatoms. The number of hydrogen-bond donors (Lipinski definition) is 3. The van der Waals surface area contributed by atoms with Crippen LogP contribution in [-0.2, 0) is 57.0 Å². The molecular weight excluding hydrogens is 835 g/mol. The zero-order valence-corrected chi connectivity index (χ0v) is 38.0. The summed E-state index contributed by atoms with van der Waals surface area (Å²) in [6.07, 6.45) is -10.0. The van der Waals surface area contributed by atoms with Crippen molar-refractivity contribution >= 4 is 29.8 Å². The van der Waals surface area contributed by atoms with Gasteiger partial charge in [0.2, 0.25) is 0 Å². The first kappa shape index (κ1) is 48.7. The van der Waals surface area contributed by atoms with Gasteiger partial charge in [0.15, 0.2) is 17.5 Å². The molecule has 3 aliphatic carbocycles. The van der Waals surface area contributed by atoms with Crippen LogP contribution in [0.15, 0.2) is 71.8 Å². The third-order valence-corrected chi connectivity index (χ3v) is 13.3. The van der Waals surface area contributed by atoms with Gasteiger partial charge in [-0.3, -0.25) is 9.59 Å². The van der Waals surface area contributed by atoms with Crippen LogP contribution in [-0.4, -0.2) is 128 Å². The van der Waals surface area contributed by atoms with E-state index >= 15 is 4.79 Å². The Labute approximate surface area is 373 Å². The van der Waals surface area contributed by atoms with Crippen LogP contribution in [0.25, 0.3) is 0 Å². The second kappa shape index (κ2) is 18.6. The highest BCUT2D eigenvalue weighted by Crippen LogP contribution is 2.65. The summed E-state index contributed by atoms with van der Waals surface area (Å²) in [6, 6.07) is 14.9. The number of ether oxygens (including phenoxy) is 9. The Morgan fingerprint density at radius 2 is 1.53 bits per heavy atom. The lowest BCUT2D eigenvalue weighted by atomic mass is 9.44. The van der Waals surface area contributed by atoms with Crippen molar-refractivity contribution in [3.8, 4) is 0 Å². The topological polar surface area (TPSA) is 221 Å². The number of amides is 1.